The highest BCUT2D eigenvalue weighted by molar-refractivity contribution is 5.64. The predicted octanol–water partition coefficient (Wildman–Crippen LogP) is 2.49. The van der Waals surface area contributed by atoms with E-state index in [1.54, 1.807) is 10.9 Å². The predicted molar refractivity (Wildman–Crippen MR) is 76.2 cm³/mol. The third-order valence-corrected chi connectivity index (χ3v) is 2.94. The minimum absolute atomic E-state index is 0.559. The van der Waals surface area contributed by atoms with Crippen LogP contribution in [0.25, 0.3) is 22.8 Å². The van der Waals surface area contributed by atoms with Crippen LogP contribution in [0.2, 0.25) is 0 Å². The summed E-state index contributed by atoms with van der Waals surface area (Å²) >= 11 is 0. The minimum atomic E-state index is 0.559. The minimum Gasteiger partial charge on any atom is -0.458 e. The molecule has 0 atom stereocenters. The lowest BCUT2D eigenvalue weighted by atomic mass is 10.2. The Hall–Kier alpha value is -2.63. The van der Waals surface area contributed by atoms with E-state index in [-0.39, 0.29) is 0 Å². The first-order valence-electron chi connectivity index (χ1n) is 6.28. The van der Waals surface area contributed by atoms with Crippen molar-refractivity contribution in [1.29, 1.82) is 0 Å². The number of anilines is 1. The maximum absolute atomic E-state index is 5.59. The van der Waals surface area contributed by atoms with Crippen molar-refractivity contribution in [3.05, 3.63) is 36.4 Å². The Morgan fingerprint density at radius 3 is 2.70 bits per heavy atom. The molecule has 0 unspecified atom stereocenters. The average molecular weight is 269 g/mol. The zero-order chi connectivity index (χ0) is 14.1. The third-order valence-electron chi connectivity index (χ3n) is 2.94. The van der Waals surface area contributed by atoms with Crippen LogP contribution in [0, 0.1) is 6.92 Å². The first kappa shape index (κ1) is 12.4. The van der Waals surface area contributed by atoms with Crippen LogP contribution in [0.4, 0.5) is 5.82 Å². The molecule has 0 amide bonds. The second-order valence-electron chi connectivity index (χ2n) is 4.53. The molecule has 6 heteroatoms. The number of aryl methyl sites for hydroxylation is 2. The van der Waals surface area contributed by atoms with E-state index in [0.717, 1.165) is 22.8 Å². The number of aromatic nitrogens is 4. The van der Waals surface area contributed by atoms with Crippen molar-refractivity contribution in [2.45, 2.75) is 6.92 Å². The van der Waals surface area contributed by atoms with Crippen molar-refractivity contribution in [2.24, 2.45) is 7.05 Å². The fourth-order valence-electron chi connectivity index (χ4n) is 1.94. The molecule has 0 saturated heterocycles. The highest BCUT2D eigenvalue weighted by Gasteiger charge is 2.11. The SMILES string of the molecule is CNc1cc(-c2cnn(C)c2)nc(-c2ccc(C)o2)n1. The van der Waals surface area contributed by atoms with E-state index in [9.17, 15) is 0 Å². The molecule has 102 valence electrons. The summed E-state index contributed by atoms with van der Waals surface area (Å²) in [6.07, 6.45) is 3.69. The molecule has 0 aliphatic rings. The van der Waals surface area contributed by atoms with E-state index in [4.69, 9.17) is 4.42 Å². The number of nitrogens with one attached hydrogen (secondary N) is 1. The monoisotopic (exact) mass is 269 g/mol. The van der Waals surface area contributed by atoms with Crippen LogP contribution in [0.3, 0.4) is 0 Å². The summed E-state index contributed by atoms with van der Waals surface area (Å²) in [5.41, 5.74) is 1.75. The van der Waals surface area contributed by atoms with Gasteiger partial charge in [-0.25, -0.2) is 9.97 Å². The lowest BCUT2D eigenvalue weighted by Crippen LogP contribution is -1.98. The molecule has 0 fully saturated rings. The molecule has 0 radical (unpaired) electrons. The first-order valence-corrected chi connectivity index (χ1v) is 6.28. The van der Waals surface area contributed by atoms with Crippen molar-refractivity contribution in [2.75, 3.05) is 12.4 Å². The average Bonchev–Trinajstić information content (AvgIpc) is 3.07. The van der Waals surface area contributed by atoms with Crippen LogP contribution in [-0.4, -0.2) is 26.8 Å². The van der Waals surface area contributed by atoms with Gasteiger partial charge in [-0.15, -0.1) is 0 Å². The van der Waals surface area contributed by atoms with Gasteiger partial charge in [0.1, 0.15) is 11.6 Å². The topological polar surface area (TPSA) is 68.8 Å². The zero-order valence-electron chi connectivity index (χ0n) is 11.6. The zero-order valence-corrected chi connectivity index (χ0v) is 11.6. The summed E-state index contributed by atoms with van der Waals surface area (Å²) in [7, 11) is 3.70. The second-order valence-corrected chi connectivity index (χ2v) is 4.53. The number of hydrogen-bond donors (Lipinski definition) is 1. The van der Waals surface area contributed by atoms with Crippen LogP contribution in [0.15, 0.2) is 35.0 Å². The highest BCUT2D eigenvalue weighted by atomic mass is 16.3. The molecular weight excluding hydrogens is 254 g/mol. The molecule has 3 aromatic heterocycles. The smallest absolute Gasteiger partial charge is 0.198 e. The molecule has 0 aliphatic heterocycles. The Morgan fingerprint density at radius 2 is 2.10 bits per heavy atom. The standard InChI is InChI=1S/C14H15N5O/c1-9-4-5-12(20-9)14-17-11(6-13(15-2)18-14)10-7-16-19(3)8-10/h4-8H,1-3H3,(H,15,17,18). The van der Waals surface area contributed by atoms with Gasteiger partial charge in [-0.2, -0.15) is 5.10 Å². The normalized spacial score (nSPS) is 10.8. The van der Waals surface area contributed by atoms with Crippen molar-refractivity contribution >= 4 is 5.82 Å². The van der Waals surface area contributed by atoms with Crippen LogP contribution in [0.5, 0.6) is 0 Å². The van der Waals surface area contributed by atoms with Crippen LogP contribution in [-0.2, 0) is 7.05 Å². The first-order chi connectivity index (χ1) is 9.65. The molecule has 0 aromatic carbocycles. The molecule has 1 N–H and O–H groups in total. The van der Waals surface area contributed by atoms with Crippen molar-refractivity contribution < 1.29 is 4.42 Å². The molecule has 0 saturated carbocycles. The third kappa shape index (κ3) is 2.27. The molecule has 0 bridgehead atoms. The molecular formula is C14H15N5O. The largest absolute Gasteiger partial charge is 0.458 e. The van der Waals surface area contributed by atoms with Crippen LogP contribution < -0.4 is 5.32 Å². The van der Waals surface area contributed by atoms with E-state index in [2.05, 4.69) is 20.4 Å². The molecule has 3 heterocycles. The Kier molecular flexibility index (Phi) is 2.98. The quantitative estimate of drug-likeness (QED) is 0.791. The summed E-state index contributed by atoms with van der Waals surface area (Å²) in [6.45, 7) is 1.90. The number of nitrogens with zero attached hydrogens (tertiary/aromatic N) is 4. The summed E-state index contributed by atoms with van der Waals surface area (Å²) in [6, 6.07) is 5.65. The van der Waals surface area contributed by atoms with E-state index >= 15 is 0 Å². The van der Waals surface area contributed by atoms with E-state index < -0.39 is 0 Å². The fourth-order valence-corrected chi connectivity index (χ4v) is 1.94. The van der Waals surface area contributed by atoms with Gasteiger partial charge in [0.25, 0.3) is 0 Å². The molecule has 0 aliphatic carbocycles. The van der Waals surface area contributed by atoms with E-state index in [1.165, 1.54) is 0 Å². The molecule has 3 rings (SSSR count). The fraction of sp³-hybridized carbons (Fsp3) is 0.214. The summed E-state index contributed by atoms with van der Waals surface area (Å²) in [4.78, 5) is 8.97. The Labute approximate surface area is 116 Å². The number of furan rings is 1. The van der Waals surface area contributed by atoms with Gasteiger partial charge in [-0.1, -0.05) is 0 Å². The van der Waals surface area contributed by atoms with Crippen LogP contribution >= 0.6 is 0 Å². The van der Waals surface area contributed by atoms with Gasteiger partial charge in [-0.3, -0.25) is 4.68 Å². The summed E-state index contributed by atoms with van der Waals surface area (Å²) < 4.78 is 7.33. The van der Waals surface area contributed by atoms with E-state index in [1.807, 2.05) is 45.4 Å². The Bertz CT molecular complexity index is 685. The molecule has 6 nitrogen and oxygen atoms in total. The van der Waals surface area contributed by atoms with Crippen molar-refractivity contribution in [1.82, 2.24) is 19.7 Å². The van der Waals surface area contributed by atoms with E-state index in [0.29, 0.717) is 11.6 Å². The molecule has 3 aromatic rings. The van der Waals surface area contributed by atoms with Gasteiger partial charge in [0.15, 0.2) is 11.6 Å². The Morgan fingerprint density at radius 1 is 1.25 bits per heavy atom. The molecule has 20 heavy (non-hydrogen) atoms. The van der Waals surface area contributed by atoms with Crippen molar-refractivity contribution in [3.8, 4) is 22.8 Å². The van der Waals surface area contributed by atoms with Gasteiger partial charge in [-0.05, 0) is 19.1 Å². The van der Waals surface area contributed by atoms with Gasteiger partial charge >= 0.3 is 0 Å². The maximum Gasteiger partial charge on any atom is 0.198 e. The molecule has 0 spiro atoms. The lowest BCUT2D eigenvalue weighted by molar-refractivity contribution is 0.544. The van der Waals surface area contributed by atoms with Gasteiger partial charge < -0.3 is 9.73 Å². The lowest BCUT2D eigenvalue weighted by Gasteiger charge is -2.05. The van der Waals surface area contributed by atoms with Crippen molar-refractivity contribution in [3.63, 3.8) is 0 Å². The second kappa shape index (κ2) is 4.80. The summed E-state index contributed by atoms with van der Waals surface area (Å²) in [5.74, 6) is 2.79. The summed E-state index contributed by atoms with van der Waals surface area (Å²) in [5, 5.41) is 7.21. The Balaban J connectivity index is 2.12. The van der Waals surface area contributed by atoms with Gasteiger partial charge in [0.2, 0.25) is 0 Å². The maximum atomic E-state index is 5.59. The van der Waals surface area contributed by atoms with Crippen LogP contribution in [0.1, 0.15) is 5.76 Å². The highest BCUT2D eigenvalue weighted by Crippen LogP contribution is 2.24. The number of rotatable bonds is 3. The van der Waals surface area contributed by atoms with Gasteiger partial charge in [0, 0.05) is 31.9 Å². The number of hydrogen-bond acceptors (Lipinski definition) is 5. The van der Waals surface area contributed by atoms with Gasteiger partial charge in [0.05, 0.1) is 11.9 Å².